The fraction of sp³-hybridized carbons (Fsp3) is 0.500. The number of rotatable bonds is 7. The maximum Gasteiger partial charge on any atom is 0.338 e. The molecule has 1 aliphatic rings. The summed E-state index contributed by atoms with van der Waals surface area (Å²) in [6, 6.07) is 6.04. The summed E-state index contributed by atoms with van der Waals surface area (Å²) in [5, 5.41) is 7.69. The molecule has 0 fully saturated rings. The van der Waals surface area contributed by atoms with E-state index >= 15 is 0 Å². The number of nitrogens with zero attached hydrogens (tertiary/aromatic N) is 2. The molecule has 9 nitrogen and oxygen atoms in total. The average molecular weight is 457 g/mol. The van der Waals surface area contributed by atoms with Crippen LogP contribution in [0.5, 0.6) is 0 Å². The van der Waals surface area contributed by atoms with Gasteiger partial charge in [-0.15, -0.1) is 0 Å². The molecule has 0 aliphatic carbocycles. The number of primary amides is 1. The third-order valence-corrected chi connectivity index (χ3v) is 5.53. The summed E-state index contributed by atoms with van der Waals surface area (Å²) >= 11 is 0. The van der Waals surface area contributed by atoms with Crippen molar-refractivity contribution in [3.8, 4) is 0 Å². The molecule has 0 bridgehead atoms. The van der Waals surface area contributed by atoms with Crippen LogP contribution in [0.1, 0.15) is 69.2 Å². The van der Waals surface area contributed by atoms with Crippen molar-refractivity contribution >= 4 is 17.8 Å². The highest BCUT2D eigenvalue weighted by atomic mass is 16.5. The Labute approximate surface area is 193 Å². The van der Waals surface area contributed by atoms with Gasteiger partial charge in [-0.2, -0.15) is 5.10 Å². The predicted molar refractivity (Wildman–Crippen MR) is 122 cm³/mol. The molecular weight excluding hydrogens is 424 g/mol. The monoisotopic (exact) mass is 456 g/mol. The van der Waals surface area contributed by atoms with Crippen molar-refractivity contribution in [3.63, 3.8) is 0 Å². The second-order valence-corrected chi connectivity index (χ2v) is 8.27. The van der Waals surface area contributed by atoms with Crippen LogP contribution in [0.3, 0.4) is 0 Å². The largest absolute Gasteiger partial charge is 0.462 e. The molecule has 1 atom stereocenters. The van der Waals surface area contributed by atoms with Gasteiger partial charge in [-0.1, -0.05) is 13.8 Å². The van der Waals surface area contributed by atoms with E-state index in [1.807, 2.05) is 18.5 Å². The summed E-state index contributed by atoms with van der Waals surface area (Å²) in [6.07, 6.45) is 2.93. The van der Waals surface area contributed by atoms with Crippen molar-refractivity contribution in [1.82, 2.24) is 15.1 Å². The van der Waals surface area contributed by atoms with Gasteiger partial charge in [0, 0.05) is 37.8 Å². The summed E-state index contributed by atoms with van der Waals surface area (Å²) in [5.41, 5.74) is 8.25. The first kappa shape index (κ1) is 24.4. The molecule has 0 saturated heterocycles. The van der Waals surface area contributed by atoms with E-state index in [4.69, 9.17) is 20.3 Å². The van der Waals surface area contributed by atoms with E-state index in [1.165, 1.54) is 24.3 Å². The highest BCUT2D eigenvalue weighted by Gasteiger charge is 2.24. The van der Waals surface area contributed by atoms with Crippen LogP contribution in [0.2, 0.25) is 0 Å². The van der Waals surface area contributed by atoms with Gasteiger partial charge >= 0.3 is 5.97 Å². The van der Waals surface area contributed by atoms with Crippen LogP contribution in [-0.2, 0) is 28.9 Å². The zero-order chi connectivity index (χ0) is 23.8. The van der Waals surface area contributed by atoms with Crippen LogP contribution in [0.15, 0.2) is 24.3 Å². The van der Waals surface area contributed by atoms with E-state index in [9.17, 15) is 14.4 Å². The Morgan fingerprint density at radius 1 is 1.21 bits per heavy atom. The van der Waals surface area contributed by atoms with Gasteiger partial charge in [0.15, 0.2) is 0 Å². The quantitative estimate of drug-likeness (QED) is 0.615. The fourth-order valence-electron chi connectivity index (χ4n) is 3.79. The number of hydrogen-bond acceptors (Lipinski definition) is 6. The summed E-state index contributed by atoms with van der Waals surface area (Å²) in [4.78, 5) is 36.4. The molecule has 1 aliphatic heterocycles. The summed E-state index contributed by atoms with van der Waals surface area (Å²) in [6.45, 7) is 6.52. The lowest BCUT2D eigenvalue weighted by atomic mass is 10.1. The minimum Gasteiger partial charge on any atom is -0.462 e. The lowest BCUT2D eigenvalue weighted by molar-refractivity contribution is 0.0435. The Morgan fingerprint density at radius 3 is 2.61 bits per heavy atom. The van der Waals surface area contributed by atoms with Gasteiger partial charge < -0.3 is 20.5 Å². The first-order valence-corrected chi connectivity index (χ1v) is 11.4. The van der Waals surface area contributed by atoms with E-state index < -0.39 is 11.9 Å². The van der Waals surface area contributed by atoms with Crippen LogP contribution < -0.4 is 11.1 Å². The number of aromatic nitrogens is 2. The van der Waals surface area contributed by atoms with Crippen LogP contribution in [0.4, 0.5) is 0 Å². The molecule has 0 radical (unpaired) electrons. The van der Waals surface area contributed by atoms with Crippen molar-refractivity contribution in [1.29, 1.82) is 0 Å². The van der Waals surface area contributed by atoms with E-state index in [0.717, 1.165) is 24.2 Å². The molecule has 2 aromatic rings. The van der Waals surface area contributed by atoms with Crippen LogP contribution in [0, 0.1) is 5.92 Å². The van der Waals surface area contributed by atoms with E-state index in [1.54, 1.807) is 0 Å². The second-order valence-electron chi connectivity index (χ2n) is 8.27. The lowest BCUT2D eigenvalue weighted by Gasteiger charge is -2.15. The first-order valence-electron chi connectivity index (χ1n) is 11.4. The molecule has 2 amide bonds. The third-order valence-electron chi connectivity index (χ3n) is 5.53. The van der Waals surface area contributed by atoms with Crippen LogP contribution in [0.25, 0.3) is 0 Å². The highest BCUT2D eigenvalue weighted by molar-refractivity contribution is 5.96. The van der Waals surface area contributed by atoms with Crippen molar-refractivity contribution in [2.24, 2.45) is 11.7 Å². The van der Waals surface area contributed by atoms with Crippen LogP contribution in [-0.4, -0.2) is 53.9 Å². The number of amides is 2. The SMILES string of the molecule is CCc1nn(C[C@@H](C)COC(=O)c2ccc(C(N)=O)cc2)c2c1C(=O)NCCCOCCC2. The normalized spacial score (nSPS) is 15.6. The topological polar surface area (TPSA) is 126 Å². The van der Waals surface area contributed by atoms with Gasteiger partial charge in [0.2, 0.25) is 5.91 Å². The molecule has 0 unspecified atom stereocenters. The maximum absolute atomic E-state index is 12.8. The fourth-order valence-corrected chi connectivity index (χ4v) is 3.79. The van der Waals surface area contributed by atoms with E-state index in [0.29, 0.717) is 55.8 Å². The number of aryl methyl sites for hydroxylation is 1. The number of nitrogens with two attached hydrogens (primary N) is 1. The minimum atomic E-state index is -0.550. The van der Waals surface area contributed by atoms with Crippen molar-refractivity contribution < 1.29 is 23.9 Å². The zero-order valence-electron chi connectivity index (χ0n) is 19.3. The molecule has 1 aromatic heterocycles. The number of nitrogens with one attached hydrogen (secondary N) is 1. The molecule has 3 N–H and O–H groups in total. The zero-order valence-corrected chi connectivity index (χ0v) is 19.3. The van der Waals surface area contributed by atoms with Crippen molar-refractivity contribution in [2.75, 3.05) is 26.4 Å². The van der Waals surface area contributed by atoms with Gasteiger partial charge in [-0.3, -0.25) is 14.3 Å². The summed E-state index contributed by atoms with van der Waals surface area (Å²) in [5.74, 6) is -1.13. The van der Waals surface area contributed by atoms with Gasteiger partial charge in [-0.25, -0.2) is 4.79 Å². The standard InChI is InChI=1S/C24H32N4O5/c1-3-19-21-20(6-4-12-32-13-5-11-26-23(21)30)28(27-19)14-16(2)15-33-24(31)18-9-7-17(8-10-18)22(25)29/h7-10,16H,3-6,11-15H2,1-2H3,(H2,25,29)(H,26,30)/t16-/m1/s1. The van der Waals surface area contributed by atoms with Gasteiger partial charge in [0.1, 0.15) is 0 Å². The number of carbonyl (C=O) groups is 3. The van der Waals surface area contributed by atoms with E-state index in [-0.39, 0.29) is 18.4 Å². The number of esters is 1. The summed E-state index contributed by atoms with van der Waals surface area (Å²) in [7, 11) is 0. The smallest absolute Gasteiger partial charge is 0.338 e. The number of benzene rings is 1. The van der Waals surface area contributed by atoms with Crippen molar-refractivity contribution in [2.45, 2.75) is 46.1 Å². The average Bonchev–Trinajstić information content (AvgIpc) is 3.14. The Balaban J connectivity index is 1.68. The van der Waals surface area contributed by atoms with Crippen molar-refractivity contribution in [3.05, 3.63) is 52.3 Å². The second kappa shape index (κ2) is 11.6. The molecule has 1 aromatic carbocycles. The van der Waals surface area contributed by atoms with Gasteiger partial charge in [0.25, 0.3) is 5.91 Å². The number of ether oxygens (including phenoxy) is 2. The Morgan fingerprint density at radius 2 is 1.91 bits per heavy atom. The molecule has 33 heavy (non-hydrogen) atoms. The predicted octanol–water partition coefficient (Wildman–Crippen LogP) is 2.12. The minimum absolute atomic E-state index is 0.0231. The first-order chi connectivity index (χ1) is 15.9. The number of fused-ring (bicyclic) bond motifs is 1. The number of hydrogen-bond donors (Lipinski definition) is 2. The third kappa shape index (κ3) is 6.41. The number of carbonyl (C=O) groups excluding carboxylic acids is 3. The van der Waals surface area contributed by atoms with Crippen LogP contribution >= 0.6 is 0 Å². The Bertz CT molecular complexity index is 983. The Kier molecular flexibility index (Phi) is 8.59. The molecule has 2 heterocycles. The maximum atomic E-state index is 12.8. The molecule has 9 heteroatoms. The molecule has 178 valence electrons. The van der Waals surface area contributed by atoms with Gasteiger partial charge in [-0.05, 0) is 49.9 Å². The summed E-state index contributed by atoms with van der Waals surface area (Å²) < 4.78 is 13.0. The molecule has 0 saturated carbocycles. The van der Waals surface area contributed by atoms with Gasteiger partial charge in [0.05, 0.1) is 29.1 Å². The molecule has 3 rings (SSSR count). The molecular formula is C24H32N4O5. The lowest BCUT2D eigenvalue weighted by Crippen LogP contribution is -2.27. The Hall–Kier alpha value is -3.20. The molecule has 0 spiro atoms. The van der Waals surface area contributed by atoms with E-state index in [2.05, 4.69) is 5.32 Å². The highest BCUT2D eigenvalue weighted by Crippen LogP contribution is 2.20.